The van der Waals surface area contributed by atoms with Crippen molar-refractivity contribution < 1.29 is 0 Å². The molecule has 0 aromatic carbocycles. The van der Waals surface area contributed by atoms with Crippen LogP contribution in [0.2, 0.25) is 0 Å². The Bertz CT molecular complexity index is 294. The zero-order valence-electron chi connectivity index (χ0n) is 9.46. The molecule has 2 heteroatoms. The molecule has 2 nitrogen and oxygen atoms in total. The standard InChI is InChI=1S/C10H12N2.C2H6/c1-7(2)9-10(8(3)4)12-6-5-11-9;1-2/h5-6H,1,3H2,2,4H3;1-2H3. The molecule has 1 rings (SSSR count). The van der Waals surface area contributed by atoms with Crippen molar-refractivity contribution in [2.24, 2.45) is 0 Å². The van der Waals surface area contributed by atoms with Crippen LogP contribution in [0.4, 0.5) is 0 Å². The van der Waals surface area contributed by atoms with E-state index in [0.717, 1.165) is 22.5 Å². The molecule has 76 valence electrons. The first kappa shape index (κ1) is 12.6. The minimum Gasteiger partial charge on any atom is -0.253 e. The molecule has 0 amide bonds. The Hall–Kier alpha value is -1.44. The molecule has 0 N–H and O–H groups in total. The topological polar surface area (TPSA) is 25.8 Å². The second-order valence-electron chi connectivity index (χ2n) is 2.81. The molecule has 0 radical (unpaired) electrons. The Morgan fingerprint density at radius 2 is 1.21 bits per heavy atom. The van der Waals surface area contributed by atoms with Crippen molar-refractivity contribution >= 4 is 11.1 Å². The Balaban J connectivity index is 0.000000791. The molecular formula is C12H18N2. The zero-order chi connectivity index (χ0) is 11.1. The first-order chi connectivity index (χ1) is 6.63. The molecule has 0 unspecified atom stereocenters. The molecular weight excluding hydrogens is 172 g/mol. The van der Waals surface area contributed by atoms with Gasteiger partial charge >= 0.3 is 0 Å². The van der Waals surface area contributed by atoms with Gasteiger partial charge in [-0.15, -0.1) is 0 Å². The quantitative estimate of drug-likeness (QED) is 0.712. The van der Waals surface area contributed by atoms with Crippen molar-refractivity contribution in [2.45, 2.75) is 27.7 Å². The summed E-state index contributed by atoms with van der Waals surface area (Å²) in [6.07, 6.45) is 3.33. The lowest BCUT2D eigenvalue weighted by atomic mass is 10.1. The molecule has 0 fully saturated rings. The van der Waals surface area contributed by atoms with Crippen molar-refractivity contribution in [1.82, 2.24) is 9.97 Å². The summed E-state index contributed by atoms with van der Waals surface area (Å²) in [6, 6.07) is 0. The van der Waals surface area contributed by atoms with E-state index in [1.807, 2.05) is 27.7 Å². The summed E-state index contributed by atoms with van der Waals surface area (Å²) in [5.41, 5.74) is 3.51. The molecule has 0 aliphatic carbocycles. The van der Waals surface area contributed by atoms with E-state index in [1.54, 1.807) is 12.4 Å². The van der Waals surface area contributed by atoms with Crippen molar-refractivity contribution in [3.63, 3.8) is 0 Å². The van der Waals surface area contributed by atoms with E-state index in [4.69, 9.17) is 0 Å². The summed E-state index contributed by atoms with van der Waals surface area (Å²) in [4.78, 5) is 8.35. The maximum atomic E-state index is 4.18. The molecule has 1 aromatic rings. The van der Waals surface area contributed by atoms with Crippen molar-refractivity contribution in [3.05, 3.63) is 36.9 Å². The van der Waals surface area contributed by atoms with Crippen LogP contribution in [0, 0.1) is 0 Å². The lowest BCUT2D eigenvalue weighted by Gasteiger charge is -2.04. The normalized spacial score (nSPS) is 8.57. The highest BCUT2D eigenvalue weighted by atomic mass is 14.8. The van der Waals surface area contributed by atoms with Gasteiger partial charge in [0.05, 0.1) is 11.4 Å². The van der Waals surface area contributed by atoms with Gasteiger partial charge in [-0.05, 0) is 25.0 Å². The van der Waals surface area contributed by atoms with Crippen LogP contribution >= 0.6 is 0 Å². The largest absolute Gasteiger partial charge is 0.253 e. The van der Waals surface area contributed by atoms with Crippen LogP contribution < -0.4 is 0 Å². The minimum absolute atomic E-state index is 0.838. The van der Waals surface area contributed by atoms with Gasteiger partial charge < -0.3 is 0 Å². The number of allylic oxidation sites excluding steroid dienone is 2. The van der Waals surface area contributed by atoms with Crippen LogP contribution in [0.3, 0.4) is 0 Å². The second-order valence-corrected chi connectivity index (χ2v) is 2.81. The van der Waals surface area contributed by atoms with Gasteiger partial charge in [-0.25, -0.2) is 0 Å². The molecule has 0 aliphatic rings. The molecule has 0 spiro atoms. The van der Waals surface area contributed by atoms with Gasteiger partial charge in [0.1, 0.15) is 0 Å². The summed E-state index contributed by atoms with van der Waals surface area (Å²) in [5, 5.41) is 0. The molecule has 0 atom stereocenters. The molecule has 0 saturated carbocycles. The Morgan fingerprint density at radius 3 is 1.43 bits per heavy atom. The summed E-state index contributed by atoms with van der Waals surface area (Å²) >= 11 is 0. The van der Waals surface area contributed by atoms with Gasteiger partial charge in [-0.1, -0.05) is 27.0 Å². The maximum absolute atomic E-state index is 4.18. The van der Waals surface area contributed by atoms with E-state index in [9.17, 15) is 0 Å². The Morgan fingerprint density at radius 1 is 0.929 bits per heavy atom. The third kappa shape index (κ3) is 3.13. The first-order valence-corrected chi connectivity index (χ1v) is 4.75. The highest BCUT2D eigenvalue weighted by molar-refractivity contribution is 5.71. The van der Waals surface area contributed by atoms with Crippen LogP contribution in [-0.4, -0.2) is 9.97 Å². The van der Waals surface area contributed by atoms with Crippen LogP contribution in [0.25, 0.3) is 11.1 Å². The van der Waals surface area contributed by atoms with Crippen LogP contribution in [0.1, 0.15) is 39.1 Å². The molecule has 1 aromatic heterocycles. The fraction of sp³-hybridized carbons (Fsp3) is 0.333. The average Bonchev–Trinajstić information content (AvgIpc) is 2.20. The van der Waals surface area contributed by atoms with Gasteiger partial charge in [0.25, 0.3) is 0 Å². The van der Waals surface area contributed by atoms with E-state index in [0.29, 0.717) is 0 Å². The van der Waals surface area contributed by atoms with Crippen molar-refractivity contribution in [3.8, 4) is 0 Å². The minimum atomic E-state index is 0.838. The molecule has 1 heterocycles. The third-order valence-corrected chi connectivity index (χ3v) is 1.51. The van der Waals surface area contributed by atoms with Crippen molar-refractivity contribution in [2.75, 3.05) is 0 Å². The van der Waals surface area contributed by atoms with Crippen molar-refractivity contribution in [1.29, 1.82) is 0 Å². The number of hydrogen-bond donors (Lipinski definition) is 0. The number of aromatic nitrogens is 2. The Labute approximate surface area is 86.4 Å². The summed E-state index contributed by atoms with van der Waals surface area (Å²) in [5.74, 6) is 0. The summed E-state index contributed by atoms with van der Waals surface area (Å²) in [6.45, 7) is 15.5. The van der Waals surface area contributed by atoms with E-state index < -0.39 is 0 Å². The SMILES string of the molecule is C=C(C)c1nccnc1C(=C)C.CC. The van der Waals surface area contributed by atoms with Gasteiger partial charge in [-0.2, -0.15) is 0 Å². The number of nitrogens with zero attached hydrogens (tertiary/aromatic N) is 2. The Kier molecular flexibility index (Phi) is 5.46. The van der Waals surface area contributed by atoms with Crippen LogP contribution in [-0.2, 0) is 0 Å². The fourth-order valence-electron chi connectivity index (χ4n) is 0.963. The fourth-order valence-corrected chi connectivity index (χ4v) is 0.963. The van der Waals surface area contributed by atoms with E-state index >= 15 is 0 Å². The smallest absolute Gasteiger partial charge is 0.0912 e. The van der Waals surface area contributed by atoms with Crippen LogP contribution in [0.15, 0.2) is 25.6 Å². The highest BCUT2D eigenvalue weighted by Gasteiger charge is 2.04. The predicted octanol–water partition coefficient (Wildman–Crippen LogP) is 3.57. The summed E-state index contributed by atoms with van der Waals surface area (Å²) < 4.78 is 0. The van der Waals surface area contributed by atoms with E-state index in [2.05, 4.69) is 23.1 Å². The van der Waals surface area contributed by atoms with Gasteiger partial charge in [0, 0.05) is 12.4 Å². The average molecular weight is 190 g/mol. The third-order valence-electron chi connectivity index (χ3n) is 1.51. The molecule has 0 saturated heterocycles. The van der Waals surface area contributed by atoms with Crippen LogP contribution in [0.5, 0.6) is 0 Å². The van der Waals surface area contributed by atoms with E-state index in [1.165, 1.54) is 0 Å². The number of hydrogen-bond acceptors (Lipinski definition) is 2. The van der Waals surface area contributed by atoms with Gasteiger partial charge in [0.2, 0.25) is 0 Å². The predicted molar refractivity (Wildman–Crippen MR) is 62.8 cm³/mol. The molecule has 14 heavy (non-hydrogen) atoms. The van der Waals surface area contributed by atoms with Gasteiger partial charge in [-0.3, -0.25) is 9.97 Å². The zero-order valence-corrected chi connectivity index (χ0v) is 9.46. The number of rotatable bonds is 2. The maximum Gasteiger partial charge on any atom is 0.0912 e. The lowest BCUT2D eigenvalue weighted by molar-refractivity contribution is 1.13. The van der Waals surface area contributed by atoms with E-state index in [-0.39, 0.29) is 0 Å². The second kappa shape index (κ2) is 6.08. The monoisotopic (exact) mass is 190 g/mol. The highest BCUT2D eigenvalue weighted by Crippen LogP contribution is 2.17. The lowest BCUT2D eigenvalue weighted by Crippen LogP contribution is -1.95. The molecule has 0 aliphatic heterocycles. The first-order valence-electron chi connectivity index (χ1n) is 4.75. The summed E-state index contributed by atoms with van der Waals surface area (Å²) in [7, 11) is 0. The molecule has 0 bridgehead atoms. The van der Waals surface area contributed by atoms with Gasteiger partial charge in [0.15, 0.2) is 0 Å².